The monoisotopic (exact) mass is 313 g/mol. The molecule has 1 aliphatic heterocycles. The Morgan fingerprint density at radius 3 is 2.94 bits per heavy atom. The predicted octanol–water partition coefficient (Wildman–Crippen LogP) is 2.82. The minimum Gasteiger partial charge on any atom is -0.497 e. The van der Waals surface area contributed by atoms with Gasteiger partial charge in [-0.3, -0.25) is 4.79 Å². The summed E-state index contributed by atoms with van der Waals surface area (Å²) in [6, 6.07) is 5.48. The molecule has 0 bridgehead atoms. The maximum absolute atomic E-state index is 12.1. The zero-order valence-electron chi connectivity index (χ0n) is 10.4. The lowest BCUT2D eigenvalue weighted by Crippen LogP contribution is -2.23. The van der Waals surface area contributed by atoms with Crippen LogP contribution in [0.1, 0.15) is 13.3 Å². The van der Waals surface area contributed by atoms with Crippen molar-refractivity contribution in [2.45, 2.75) is 19.4 Å². The summed E-state index contributed by atoms with van der Waals surface area (Å²) in [4.78, 5) is 12.1. The molecule has 2 unspecified atom stereocenters. The molecule has 1 fully saturated rings. The number of halogens is 1. The van der Waals surface area contributed by atoms with E-state index in [2.05, 4.69) is 21.2 Å². The first kappa shape index (κ1) is 13.4. The Bertz CT molecular complexity index is 450. The average Bonchev–Trinajstić information content (AvgIpc) is 2.79. The van der Waals surface area contributed by atoms with Crippen LogP contribution in [0.2, 0.25) is 0 Å². The second-order valence-electron chi connectivity index (χ2n) is 4.41. The molecule has 0 aliphatic carbocycles. The Morgan fingerprint density at radius 2 is 2.33 bits per heavy atom. The van der Waals surface area contributed by atoms with Gasteiger partial charge in [-0.2, -0.15) is 0 Å². The van der Waals surface area contributed by atoms with Crippen molar-refractivity contribution in [3.05, 3.63) is 22.7 Å². The molecule has 1 amide bonds. The van der Waals surface area contributed by atoms with Crippen LogP contribution in [0.25, 0.3) is 0 Å². The molecular weight excluding hydrogens is 298 g/mol. The summed E-state index contributed by atoms with van der Waals surface area (Å²) in [5.41, 5.74) is 0.721. The zero-order chi connectivity index (χ0) is 13.1. The highest BCUT2D eigenvalue weighted by Gasteiger charge is 2.28. The Morgan fingerprint density at radius 1 is 1.56 bits per heavy atom. The molecule has 1 N–H and O–H groups in total. The van der Waals surface area contributed by atoms with Crippen LogP contribution in [-0.4, -0.2) is 25.7 Å². The van der Waals surface area contributed by atoms with Crippen molar-refractivity contribution in [1.82, 2.24) is 0 Å². The molecular formula is C13H16BrNO3. The lowest BCUT2D eigenvalue weighted by Gasteiger charge is -2.12. The summed E-state index contributed by atoms with van der Waals surface area (Å²) in [5, 5.41) is 2.90. The van der Waals surface area contributed by atoms with Gasteiger partial charge in [0.05, 0.1) is 31.4 Å². The summed E-state index contributed by atoms with van der Waals surface area (Å²) >= 11 is 3.41. The van der Waals surface area contributed by atoms with Crippen LogP contribution >= 0.6 is 15.9 Å². The van der Waals surface area contributed by atoms with Crippen molar-refractivity contribution in [3.8, 4) is 5.75 Å². The number of ether oxygens (including phenoxy) is 2. The minimum absolute atomic E-state index is 0.00620. The van der Waals surface area contributed by atoms with Gasteiger partial charge in [-0.25, -0.2) is 0 Å². The van der Waals surface area contributed by atoms with E-state index >= 15 is 0 Å². The number of carbonyl (C=O) groups is 1. The van der Waals surface area contributed by atoms with Gasteiger partial charge in [-0.05, 0) is 41.4 Å². The van der Waals surface area contributed by atoms with E-state index in [9.17, 15) is 4.79 Å². The lowest BCUT2D eigenvalue weighted by atomic mass is 10.1. The van der Waals surface area contributed by atoms with Crippen molar-refractivity contribution in [2.75, 3.05) is 19.0 Å². The summed E-state index contributed by atoms with van der Waals surface area (Å²) < 4.78 is 11.4. The fraction of sp³-hybridized carbons (Fsp3) is 0.462. The molecule has 1 heterocycles. The Balaban J connectivity index is 2.06. The van der Waals surface area contributed by atoms with E-state index in [4.69, 9.17) is 9.47 Å². The number of rotatable bonds is 3. The largest absolute Gasteiger partial charge is 0.497 e. The molecule has 1 aromatic rings. The van der Waals surface area contributed by atoms with Crippen molar-refractivity contribution in [1.29, 1.82) is 0 Å². The molecule has 0 aromatic heterocycles. The summed E-state index contributed by atoms with van der Waals surface area (Å²) in [6.07, 6.45) is 0.933. The number of amides is 1. The number of carbonyl (C=O) groups excluding carboxylic acids is 1. The van der Waals surface area contributed by atoms with Crippen molar-refractivity contribution in [3.63, 3.8) is 0 Å². The van der Waals surface area contributed by atoms with Gasteiger partial charge in [0.25, 0.3) is 0 Å². The first-order valence-corrected chi connectivity index (χ1v) is 6.65. The van der Waals surface area contributed by atoms with Gasteiger partial charge in [0.2, 0.25) is 5.91 Å². The Kier molecular flexibility index (Phi) is 4.24. The number of benzene rings is 1. The minimum atomic E-state index is -0.0712. The highest BCUT2D eigenvalue weighted by Crippen LogP contribution is 2.28. The van der Waals surface area contributed by atoms with Gasteiger partial charge < -0.3 is 14.8 Å². The maximum atomic E-state index is 12.1. The van der Waals surface area contributed by atoms with Crippen molar-refractivity contribution in [2.24, 2.45) is 5.92 Å². The molecule has 2 rings (SSSR count). The summed E-state index contributed by atoms with van der Waals surface area (Å²) in [7, 11) is 1.60. The van der Waals surface area contributed by atoms with Gasteiger partial charge in [0.15, 0.2) is 0 Å². The standard InChI is InChI=1S/C13H16BrNO3/c1-8-5-9(7-18-8)13(16)15-12-6-10(17-2)3-4-11(12)14/h3-4,6,8-9H,5,7H2,1-2H3,(H,15,16). The number of nitrogens with one attached hydrogen (secondary N) is 1. The van der Waals surface area contributed by atoms with Crippen LogP contribution in [0.5, 0.6) is 5.75 Å². The summed E-state index contributed by atoms with van der Waals surface area (Å²) in [6.45, 7) is 2.48. The fourth-order valence-corrected chi connectivity index (χ4v) is 2.31. The van der Waals surface area contributed by atoms with E-state index < -0.39 is 0 Å². The SMILES string of the molecule is COc1ccc(Br)c(NC(=O)C2COC(C)C2)c1. The first-order chi connectivity index (χ1) is 8.60. The van der Waals surface area contributed by atoms with E-state index in [0.29, 0.717) is 12.4 Å². The summed E-state index contributed by atoms with van der Waals surface area (Å²) in [5.74, 6) is 0.635. The Hall–Kier alpha value is -1.07. The molecule has 4 nitrogen and oxygen atoms in total. The topological polar surface area (TPSA) is 47.6 Å². The lowest BCUT2D eigenvalue weighted by molar-refractivity contribution is -0.119. The van der Waals surface area contributed by atoms with Gasteiger partial charge in [0.1, 0.15) is 5.75 Å². The van der Waals surface area contributed by atoms with Crippen LogP contribution in [0.3, 0.4) is 0 Å². The van der Waals surface area contributed by atoms with Gasteiger partial charge in [-0.15, -0.1) is 0 Å². The second kappa shape index (κ2) is 5.71. The van der Waals surface area contributed by atoms with E-state index in [1.807, 2.05) is 19.1 Å². The normalized spacial score (nSPS) is 22.8. The van der Waals surface area contributed by atoms with E-state index in [1.165, 1.54) is 0 Å². The maximum Gasteiger partial charge on any atom is 0.229 e. The highest BCUT2D eigenvalue weighted by molar-refractivity contribution is 9.10. The number of hydrogen-bond donors (Lipinski definition) is 1. The van der Waals surface area contributed by atoms with E-state index in [0.717, 1.165) is 16.6 Å². The van der Waals surface area contributed by atoms with Crippen LogP contribution in [-0.2, 0) is 9.53 Å². The van der Waals surface area contributed by atoms with Gasteiger partial charge in [-0.1, -0.05) is 0 Å². The zero-order valence-corrected chi connectivity index (χ0v) is 12.0. The molecule has 18 heavy (non-hydrogen) atoms. The molecule has 1 saturated heterocycles. The van der Waals surface area contributed by atoms with Crippen LogP contribution in [0, 0.1) is 5.92 Å². The third-order valence-corrected chi connectivity index (χ3v) is 3.69. The molecule has 98 valence electrons. The molecule has 1 aromatic carbocycles. The molecule has 1 aliphatic rings. The third kappa shape index (κ3) is 3.03. The Labute approximate surface area is 115 Å². The molecule has 2 atom stereocenters. The quantitative estimate of drug-likeness (QED) is 0.933. The number of anilines is 1. The number of methoxy groups -OCH3 is 1. The first-order valence-electron chi connectivity index (χ1n) is 5.86. The van der Waals surface area contributed by atoms with Crippen LogP contribution in [0.4, 0.5) is 5.69 Å². The van der Waals surface area contributed by atoms with E-state index in [-0.39, 0.29) is 17.9 Å². The smallest absolute Gasteiger partial charge is 0.229 e. The van der Waals surface area contributed by atoms with Crippen molar-refractivity contribution < 1.29 is 14.3 Å². The molecule has 0 saturated carbocycles. The van der Waals surface area contributed by atoms with Crippen LogP contribution < -0.4 is 10.1 Å². The third-order valence-electron chi connectivity index (χ3n) is 3.00. The molecule has 5 heteroatoms. The second-order valence-corrected chi connectivity index (χ2v) is 5.27. The average molecular weight is 314 g/mol. The van der Waals surface area contributed by atoms with Gasteiger partial charge >= 0.3 is 0 Å². The fourth-order valence-electron chi connectivity index (χ4n) is 1.96. The van der Waals surface area contributed by atoms with Gasteiger partial charge in [0, 0.05) is 10.5 Å². The van der Waals surface area contributed by atoms with Crippen LogP contribution in [0.15, 0.2) is 22.7 Å². The number of hydrogen-bond acceptors (Lipinski definition) is 3. The van der Waals surface area contributed by atoms with E-state index in [1.54, 1.807) is 13.2 Å². The molecule has 0 radical (unpaired) electrons. The molecule has 0 spiro atoms. The predicted molar refractivity (Wildman–Crippen MR) is 72.8 cm³/mol. The highest BCUT2D eigenvalue weighted by atomic mass is 79.9. The van der Waals surface area contributed by atoms with Crippen molar-refractivity contribution >= 4 is 27.5 Å².